The van der Waals surface area contributed by atoms with Crippen LogP contribution in [0.5, 0.6) is 0 Å². The van der Waals surface area contributed by atoms with Crippen LogP contribution >= 0.6 is 0 Å². The lowest BCUT2D eigenvalue weighted by Gasteiger charge is -2.11. The zero-order chi connectivity index (χ0) is 17.1. The number of rotatable bonds is 6. The number of carbonyl (C=O) groups is 1. The summed E-state index contributed by atoms with van der Waals surface area (Å²) < 4.78 is 28.5. The summed E-state index contributed by atoms with van der Waals surface area (Å²) in [6, 6.07) is 2.93. The summed E-state index contributed by atoms with van der Waals surface area (Å²) in [7, 11) is 0. The van der Waals surface area contributed by atoms with Crippen molar-refractivity contribution in [3.8, 4) is 0 Å². The molecule has 0 unspecified atom stereocenters. The van der Waals surface area contributed by atoms with Gasteiger partial charge in [0, 0.05) is 24.5 Å². The molecule has 0 spiro atoms. The summed E-state index contributed by atoms with van der Waals surface area (Å²) in [5.41, 5.74) is 3.62. The second-order valence-corrected chi connectivity index (χ2v) is 5.64. The number of amides is 1. The molecule has 0 saturated heterocycles. The second-order valence-electron chi connectivity index (χ2n) is 5.64. The minimum Gasteiger partial charge on any atom is -0.351 e. The lowest BCUT2D eigenvalue weighted by molar-refractivity contribution is 0.0618. The Hall–Kier alpha value is -2.18. The van der Waals surface area contributed by atoms with E-state index in [4.69, 9.17) is 0 Å². The number of aromatic nitrogens is 3. The van der Waals surface area contributed by atoms with E-state index in [0.717, 1.165) is 16.0 Å². The highest BCUT2D eigenvalue weighted by molar-refractivity contribution is 5.92. The molecule has 0 aliphatic rings. The van der Waals surface area contributed by atoms with Gasteiger partial charge >= 0.3 is 6.55 Å². The van der Waals surface area contributed by atoms with E-state index in [9.17, 15) is 13.6 Å². The van der Waals surface area contributed by atoms with Crippen LogP contribution in [-0.2, 0) is 6.54 Å². The van der Waals surface area contributed by atoms with Crippen molar-refractivity contribution in [2.24, 2.45) is 0 Å². The zero-order valence-electron chi connectivity index (χ0n) is 13.9. The van der Waals surface area contributed by atoms with E-state index in [1.807, 2.05) is 25.5 Å². The molecule has 2 heterocycles. The first-order chi connectivity index (χ1) is 10.8. The Bertz CT molecular complexity index is 703. The quantitative estimate of drug-likeness (QED) is 0.830. The van der Waals surface area contributed by atoms with Crippen molar-refractivity contribution in [3.05, 3.63) is 40.5 Å². The highest BCUT2D eigenvalue weighted by Crippen LogP contribution is 2.18. The van der Waals surface area contributed by atoms with Gasteiger partial charge in [-0.15, -0.1) is 0 Å². The minimum atomic E-state index is -2.72. The monoisotopic (exact) mass is 324 g/mol. The van der Waals surface area contributed by atoms with Gasteiger partial charge in [0.05, 0.1) is 5.69 Å². The molecule has 0 bridgehead atoms. The first kappa shape index (κ1) is 17.2. The predicted octanol–water partition coefficient (Wildman–Crippen LogP) is 3.13. The molecule has 126 valence electrons. The topological polar surface area (TPSA) is 51.9 Å². The molecule has 0 atom stereocenters. The van der Waals surface area contributed by atoms with Crippen molar-refractivity contribution in [2.75, 3.05) is 6.54 Å². The zero-order valence-corrected chi connectivity index (χ0v) is 13.9. The van der Waals surface area contributed by atoms with Crippen LogP contribution in [0.3, 0.4) is 0 Å². The summed E-state index contributed by atoms with van der Waals surface area (Å²) >= 11 is 0. The van der Waals surface area contributed by atoms with E-state index in [1.165, 1.54) is 17.7 Å². The summed E-state index contributed by atoms with van der Waals surface area (Å²) in [4.78, 5) is 12.0. The van der Waals surface area contributed by atoms with Gasteiger partial charge in [-0.3, -0.25) is 14.0 Å². The Morgan fingerprint density at radius 3 is 2.52 bits per heavy atom. The molecule has 7 heteroatoms. The van der Waals surface area contributed by atoms with E-state index in [1.54, 1.807) is 6.92 Å². The lowest BCUT2D eigenvalue weighted by Crippen LogP contribution is -2.28. The van der Waals surface area contributed by atoms with Crippen molar-refractivity contribution in [1.29, 1.82) is 0 Å². The molecular formula is C16H22F2N4O. The Labute approximate surface area is 134 Å². The Morgan fingerprint density at radius 2 is 1.96 bits per heavy atom. The smallest absolute Gasteiger partial charge is 0.319 e. The van der Waals surface area contributed by atoms with Crippen LogP contribution in [0.25, 0.3) is 0 Å². The van der Waals surface area contributed by atoms with Crippen LogP contribution in [0.1, 0.15) is 46.1 Å². The van der Waals surface area contributed by atoms with Crippen LogP contribution in [0.2, 0.25) is 0 Å². The Kier molecular flexibility index (Phi) is 5.18. The molecule has 0 aliphatic heterocycles. The number of alkyl halides is 2. The molecule has 0 aliphatic carbocycles. The number of nitrogens with zero attached hydrogens (tertiary/aromatic N) is 3. The fourth-order valence-electron chi connectivity index (χ4n) is 2.52. The van der Waals surface area contributed by atoms with Gasteiger partial charge in [0.1, 0.15) is 5.69 Å². The van der Waals surface area contributed by atoms with Gasteiger partial charge in [-0.1, -0.05) is 0 Å². The van der Waals surface area contributed by atoms with Crippen LogP contribution in [0, 0.1) is 27.7 Å². The molecule has 0 saturated carbocycles. The van der Waals surface area contributed by atoms with Crippen LogP contribution < -0.4 is 5.32 Å². The maximum atomic E-state index is 12.9. The lowest BCUT2D eigenvalue weighted by atomic mass is 10.2. The summed E-state index contributed by atoms with van der Waals surface area (Å²) in [5.74, 6) is -0.483. The average molecular weight is 324 g/mol. The third-order valence-electron chi connectivity index (χ3n) is 4.13. The van der Waals surface area contributed by atoms with Crippen LogP contribution in [-0.4, -0.2) is 26.8 Å². The minimum absolute atomic E-state index is 0.0144. The third kappa shape index (κ3) is 3.60. The van der Waals surface area contributed by atoms with E-state index >= 15 is 0 Å². The van der Waals surface area contributed by atoms with Gasteiger partial charge < -0.3 is 5.32 Å². The molecule has 23 heavy (non-hydrogen) atoms. The molecule has 2 aromatic heterocycles. The number of halogens is 2. The normalized spacial score (nSPS) is 11.3. The number of carbonyl (C=O) groups excluding carboxylic acids is 1. The highest BCUT2D eigenvalue weighted by Gasteiger charge is 2.18. The fraction of sp³-hybridized carbons (Fsp3) is 0.500. The van der Waals surface area contributed by atoms with Crippen molar-refractivity contribution in [2.45, 2.75) is 47.2 Å². The van der Waals surface area contributed by atoms with Crippen LogP contribution in [0.15, 0.2) is 12.1 Å². The number of nitrogens with one attached hydrogen (secondary N) is 1. The van der Waals surface area contributed by atoms with E-state index < -0.39 is 12.5 Å². The van der Waals surface area contributed by atoms with Crippen molar-refractivity contribution in [3.63, 3.8) is 0 Å². The highest BCUT2D eigenvalue weighted by atomic mass is 19.3. The Balaban J connectivity index is 1.89. The van der Waals surface area contributed by atoms with Gasteiger partial charge in [-0.2, -0.15) is 13.9 Å². The molecule has 0 radical (unpaired) electrons. The van der Waals surface area contributed by atoms with Gasteiger partial charge in [0.2, 0.25) is 0 Å². The predicted molar refractivity (Wildman–Crippen MR) is 83.8 cm³/mol. The molecule has 1 N–H and O–H groups in total. The first-order valence-corrected chi connectivity index (χ1v) is 7.57. The van der Waals surface area contributed by atoms with Gasteiger partial charge in [-0.25, -0.2) is 0 Å². The van der Waals surface area contributed by atoms with Gasteiger partial charge in [-0.05, 0) is 51.8 Å². The van der Waals surface area contributed by atoms with Crippen molar-refractivity contribution < 1.29 is 13.6 Å². The van der Waals surface area contributed by atoms with E-state index in [2.05, 4.69) is 10.4 Å². The average Bonchev–Trinajstić information content (AvgIpc) is 2.99. The molecule has 1 amide bonds. The second kappa shape index (κ2) is 6.93. The van der Waals surface area contributed by atoms with Gasteiger partial charge in [0.25, 0.3) is 5.91 Å². The van der Waals surface area contributed by atoms with Crippen molar-refractivity contribution >= 4 is 5.91 Å². The van der Waals surface area contributed by atoms with E-state index in [-0.39, 0.29) is 5.69 Å². The molecule has 2 rings (SSSR count). The van der Waals surface area contributed by atoms with Crippen LogP contribution in [0.4, 0.5) is 8.78 Å². The first-order valence-electron chi connectivity index (χ1n) is 7.57. The molecular weight excluding hydrogens is 302 g/mol. The van der Waals surface area contributed by atoms with Crippen molar-refractivity contribution in [1.82, 2.24) is 19.7 Å². The largest absolute Gasteiger partial charge is 0.351 e. The number of hydrogen-bond donors (Lipinski definition) is 1. The maximum absolute atomic E-state index is 12.9. The SMILES string of the molecule is Cc1nn(CCCNC(=O)c2ccc(C)n2C(F)F)c(C)c1C. The standard InChI is InChI=1S/C16H22F2N4O/c1-10-6-7-14(22(10)16(17)18)15(23)19-8-5-9-21-13(4)11(2)12(3)20-21/h6-7,16H,5,8-9H2,1-4H3,(H,19,23). The summed E-state index contributed by atoms with van der Waals surface area (Å²) in [5, 5.41) is 7.11. The fourth-order valence-corrected chi connectivity index (χ4v) is 2.52. The van der Waals surface area contributed by atoms with Gasteiger partial charge in [0.15, 0.2) is 0 Å². The summed E-state index contributed by atoms with van der Waals surface area (Å²) in [6.07, 6.45) is 0.682. The third-order valence-corrected chi connectivity index (χ3v) is 4.13. The molecule has 2 aromatic rings. The Morgan fingerprint density at radius 1 is 1.26 bits per heavy atom. The summed E-state index contributed by atoms with van der Waals surface area (Å²) in [6.45, 7) is 5.90. The molecule has 0 aromatic carbocycles. The maximum Gasteiger partial charge on any atom is 0.319 e. The number of aryl methyl sites for hydroxylation is 3. The van der Waals surface area contributed by atoms with E-state index in [0.29, 0.717) is 25.2 Å². The molecule has 5 nitrogen and oxygen atoms in total. The number of hydrogen-bond acceptors (Lipinski definition) is 2. The molecule has 0 fully saturated rings.